The molecule has 1 unspecified atom stereocenters. The number of aryl methyl sites for hydroxylation is 2. The van der Waals surface area contributed by atoms with E-state index in [2.05, 4.69) is 22.5 Å². The molecule has 0 fully saturated rings. The second-order valence-electron chi connectivity index (χ2n) is 7.57. The number of aliphatic hydroxyl groups is 1. The zero-order valence-electron chi connectivity index (χ0n) is 18.1. The van der Waals surface area contributed by atoms with Gasteiger partial charge in [-0.15, -0.1) is 0 Å². The summed E-state index contributed by atoms with van der Waals surface area (Å²) in [5, 5.41) is 18.8. The minimum Gasteiger partial charge on any atom is -0.494 e. The average molecular weight is 417 g/mol. The summed E-state index contributed by atoms with van der Waals surface area (Å²) in [5.41, 5.74) is 5.96. The summed E-state index contributed by atoms with van der Waals surface area (Å²) in [6.45, 7) is 5.28. The Labute approximate surface area is 183 Å². The summed E-state index contributed by atoms with van der Waals surface area (Å²) in [7, 11) is 1.90. The fourth-order valence-electron chi connectivity index (χ4n) is 3.73. The predicted octanol–water partition coefficient (Wildman–Crippen LogP) is 3.98. The maximum absolute atomic E-state index is 11.0. The van der Waals surface area contributed by atoms with E-state index in [9.17, 15) is 5.11 Å². The van der Waals surface area contributed by atoms with E-state index in [1.54, 1.807) is 4.68 Å². The number of aliphatic hydroxyl groups excluding tert-OH is 1. The van der Waals surface area contributed by atoms with Crippen molar-refractivity contribution in [3.63, 3.8) is 0 Å². The number of anilines is 1. The second-order valence-corrected chi connectivity index (χ2v) is 7.57. The molecule has 0 saturated heterocycles. The van der Waals surface area contributed by atoms with E-state index in [-0.39, 0.29) is 0 Å². The first-order valence-electron chi connectivity index (χ1n) is 10.5. The normalized spacial score (nSPS) is 16.0. The molecule has 4 rings (SSSR count). The summed E-state index contributed by atoms with van der Waals surface area (Å²) in [5.74, 6) is 0.826. The van der Waals surface area contributed by atoms with Crippen LogP contribution in [0.3, 0.4) is 0 Å². The standard InChI is InChI=1S/C25H28N4O2/c1-4-31-21-10-11-24(18(2)12-21)29-17-22(20-15-27-28(3)16-20)23(13-25(29)30)26-14-19-8-6-5-7-9-19/h5-13,15-17,25-26,30H,4,14H2,1-3H3. The van der Waals surface area contributed by atoms with Crippen LogP contribution in [0.25, 0.3) is 5.57 Å². The van der Waals surface area contributed by atoms with Gasteiger partial charge in [-0.2, -0.15) is 5.10 Å². The Morgan fingerprint density at radius 1 is 1.16 bits per heavy atom. The van der Waals surface area contributed by atoms with E-state index >= 15 is 0 Å². The number of nitrogens with zero attached hydrogens (tertiary/aromatic N) is 3. The SMILES string of the molecule is CCOc1ccc(N2C=C(c3cnn(C)c3)C(NCc3ccccc3)=CC2O)c(C)c1. The molecule has 0 amide bonds. The molecule has 2 N–H and O–H groups in total. The van der Waals surface area contributed by atoms with Crippen molar-refractivity contribution in [3.8, 4) is 5.75 Å². The zero-order chi connectivity index (χ0) is 21.8. The third-order valence-corrected chi connectivity index (χ3v) is 5.26. The number of rotatable bonds is 7. The lowest BCUT2D eigenvalue weighted by Gasteiger charge is -2.32. The quantitative estimate of drug-likeness (QED) is 0.610. The summed E-state index contributed by atoms with van der Waals surface area (Å²) < 4.78 is 7.39. The van der Waals surface area contributed by atoms with Gasteiger partial charge in [-0.1, -0.05) is 30.3 Å². The first kappa shape index (κ1) is 20.8. The topological polar surface area (TPSA) is 62.5 Å². The number of hydrogen-bond donors (Lipinski definition) is 2. The van der Waals surface area contributed by atoms with E-state index in [4.69, 9.17) is 4.74 Å². The van der Waals surface area contributed by atoms with Crippen LogP contribution in [0.4, 0.5) is 5.69 Å². The Kier molecular flexibility index (Phi) is 6.09. The van der Waals surface area contributed by atoms with Gasteiger partial charge in [-0.25, -0.2) is 0 Å². The highest BCUT2D eigenvalue weighted by atomic mass is 16.5. The maximum atomic E-state index is 11.0. The van der Waals surface area contributed by atoms with Crippen molar-refractivity contribution in [3.05, 3.63) is 95.6 Å². The van der Waals surface area contributed by atoms with Crippen LogP contribution in [-0.2, 0) is 13.6 Å². The lowest BCUT2D eigenvalue weighted by atomic mass is 10.0. The summed E-state index contributed by atoms with van der Waals surface area (Å²) in [4.78, 5) is 1.88. The van der Waals surface area contributed by atoms with Crippen LogP contribution >= 0.6 is 0 Å². The van der Waals surface area contributed by atoms with E-state index < -0.39 is 6.23 Å². The van der Waals surface area contributed by atoms with E-state index in [1.165, 1.54) is 5.56 Å². The van der Waals surface area contributed by atoms with Crippen molar-refractivity contribution >= 4 is 11.3 Å². The highest BCUT2D eigenvalue weighted by molar-refractivity contribution is 5.82. The van der Waals surface area contributed by atoms with Crippen molar-refractivity contribution in [1.82, 2.24) is 15.1 Å². The van der Waals surface area contributed by atoms with Crippen LogP contribution in [0, 0.1) is 6.92 Å². The average Bonchev–Trinajstić information content (AvgIpc) is 3.20. The molecule has 0 saturated carbocycles. The van der Waals surface area contributed by atoms with Gasteiger partial charge in [0.1, 0.15) is 5.75 Å². The van der Waals surface area contributed by atoms with Crippen LogP contribution in [-0.4, -0.2) is 27.7 Å². The minimum atomic E-state index is -0.796. The largest absolute Gasteiger partial charge is 0.494 e. The van der Waals surface area contributed by atoms with Gasteiger partial charge in [-0.3, -0.25) is 4.68 Å². The molecule has 2 heterocycles. The molecule has 2 aromatic carbocycles. The van der Waals surface area contributed by atoms with Gasteiger partial charge in [-0.05, 0) is 49.2 Å². The summed E-state index contributed by atoms with van der Waals surface area (Å²) >= 11 is 0. The van der Waals surface area contributed by atoms with E-state index in [1.807, 2.05) is 86.9 Å². The van der Waals surface area contributed by atoms with Crippen LogP contribution < -0.4 is 15.0 Å². The van der Waals surface area contributed by atoms with E-state index in [0.717, 1.165) is 33.8 Å². The Morgan fingerprint density at radius 2 is 1.97 bits per heavy atom. The third kappa shape index (κ3) is 4.64. The first-order chi connectivity index (χ1) is 15.0. The lowest BCUT2D eigenvalue weighted by Crippen LogP contribution is -2.34. The molecule has 0 aliphatic carbocycles. The van der Waals surface area contributed by atoms with Gasteiger partial charge in [0.15, 0.2) is 6.23 Å². The molecule has 31 heavy (non-hydrogen) atoms. The predicted molar refractivity (Wildman–Crippen MR) is 123 cm³/mol. The zero-order valence-corrected chi connectivity index (χ0v) is 18.1. The van der Waals surface area contributed by atoms with Gasteiger partial charge in [0.05, 0.1) is 12.8 Å². The number of ether oxygens (including phenoxy) is 1. The first-order valence-corrected chi connectivity index (χ1v) is 10.5. The van der Waals surface area contributed by atoms with Gasteiger partial charge < -0.3 is 20.1 Å². The number of nitrogens with one attached hydrogen (secondary N) is 1. The van der Waals surface area contributed by atoms with Crippen LogP contribution in [0.1, 0.15) is 23.6 Å². The molecule has 1 aliphatic heterocycles. The van der Waals surface area contributed by atoms with Crippen LogP contribution in [0.5, 0.6) is 5.75 Å². The highest BCUT2D eigenvalue weighted by Gasteiger charge is 2.24. The third-order valence-electron chi connectivity index (χ3n) is 5.26. The van der Waals surface area contributed by atoms with Gasteiger partial charge in [0, 0.05) is 48.5 Å². The number of benzene rings is 2. The molecule has 3 aromatic rings. The highest BCUT2D eigenvalue weighted by Crippen LogP contribution is 2.33. The molecule has 6 nitrogen and oxygen atoms in total. The number of hydrogen-bond acceptors (Lipinski definition) is 5. The molecule has 1 aliphatic rings. The molecule has 160 valence electrons. The van der Waals surface area contributed by atoms with Crippen LogP contribution in [0.15, 0.2) is 78.9 Å². The fraction of sp³-hybridized carbons (Fsp3) is 0.240. The van der Waals surface area contributed by atoms with Crippen molar-refractivity contribution in [2.75, 3.05) is 11.5 Å². The maximum Gasteiger partial charge on any atom is 0.152 e. The monoisotopic (exact) mass is 416 g/mol. The number of allylic oxidation sites excluding steroid dienone is 1. The number of aromatic nitrogens is 2. The van der Waals surface area contributed by atoms with E-state index in [0.29, 0.717) is 13.2 Å². The Morgan fingerprint density at radius 3 is 2.65 bits per heavy atom. The molecule has 0 bridgehead atoms. The Bertz CT molecular complexity index is 1100. The molecular weight excluding hydrogens is 388 g/mol. The molecule has 0 radical (unpaired) electrons. The smallest absolute Gasteiger partial charge is 0.152 e. The molecule has 1 atom stereocenters. The lowest BCUT2D eigenvalue weighted by molar-refractivity contribution is 0.225. The molecule has 0 spiro atoms. The van der Waals surface area contributed by atoms with Crippen LogP contribution in [0.2, 0.25) is 0 Å². The molecule has 1 aromatic heterocycles. The molecular formula is C25H28N4O2. The summed E-state index contributed by atoms with van der Waals surface area (Å²) in [6.07, 6.45) is 6.85. The Balaban J connectivity index is 1.66. The summed E-state index contributed by atoms with van der Waals surface area (Å²) in [6, 6.07) is 16.1. The van der Waals surface area contributed by atoms with Gasteiger partial charge >= 0.3 is 0 Å². The Hall–Kier alpha value is -3.51. The molecule has 6 heteroatoms. The van der Waals surface area contributed by atoms with Crippen molar-refractivity contribution in [2.45, 2.75) is 26.6 Å². The van der Waals surface area contributed by atoms with Gasteiger partial charge in [0.2, 0.25) is 0 Å². The second kappa shape index (κ2) is 9.10. The fourth-order valence-corrected chi connectivity index (χ4v) is 3.73. The van der Waals surface area contributed by atoms with Crippen molar-refractivity contribution < 1.29 is 9.84 Å². The van der Waals surface area contributed by atoms with Crippen molar-refractivity contribution in [1.29, 1.82) is 0 Å². The van der Waals surface area contributed by atoms with Gasteiger partial charge in [0.25, 0.3) is 0 Å². The van der Waals surface area contributed by atoms with Crippen molar-refractivity contribution in [2.24, 2.45) is 7.05 Å². The minimum absolute atomic E-state index is 0.620.